The molecule has 2 aromatic rings. The molecule has 0 atom stereocenters. The number of piperazine rings is 1. The summed E-state index contributed by atoms with van der Waals surface area (Å²) in [6.45, 7) is 6.35. The molecule has 204 valence electrons. The highest BCUT2D eigenvalue weighted by atomic mass is 16.6. The molecule has 0 bridgehead atoms. The van der Waals surface area contributed by atoms with Gasteiger partial charge in [0.15, 0.2) is 0 Å². The number of hydrogen-bond acceptors (Lipinski definition) is 8. The number of nitrogens with one attached hydrogen (secondary N) is 4. The number of anilines is 2. The molecule has 1 fully saturated rings. The molecule has 0 saturated carbocycles. The van der Waals surface area contributed by atoms with Crippen LogP contribution in [0, 0.1) is 20.2 Å². The van der Waals surface area contributed by atoms with Crippen molar-refractivity contribution in [2.45, 2.75) is 12.8 Å². The van der Waals surface area contributed by atoms with E-state index in [0.717, 1.165) is 52.1 Å². The number of benzene rings is 2. The molecule has 0 aromatic heterocycles. The van der Waals surface area contributed by atoms with Gasteiger partial charge in [-0.3, -0.25) is 20.2 Å². The lowest BCUT2D eigenvalue weighted by atomic mass is 10.2. The number of nitro groups is 2. The van der Waals surface area contributed by atoms with Crippen LogP contribution in [0.2, 0.25) is 0 Å². The van der Waals surface area contributed by atoms with Crippen molar-refractivity contribution in [3.8, 4) is 0 Å². The first-order valence-corrected chi connectivity index (χ1v) is 12.3. The van der Waals surface area contributed by atoms with Crippen molar-refractivity contribution in [2.75, 3.05) is 63.0 Å². The zero-order valence-electron chi connectivity index (χ0n) is 20.9. The summed E-state index contributed by atoms with van der Waals surface area (Å²) in [5.74, 6) is 0. The Bertz CT molecular complexity index is 1040. The first-order valence-electron chi connectivity index (χ1n) is 12.3. The predicted octanol–water partition coefficient (Wildman–Crippen LogP) is 2.84. The summed E-state index contributed by atoms with van der Waals surface area (Å²) in [5, 5.41) is 32.4. The Morgan fingerprint density at radius 2 is 1.11 bits per heavy atom. The van der Waals surface area contributed by atoms with E-state index in [1.807, 2.05) is 0 Å². The van der Waals surface area contributed by atoms with Crippen LogP contribution in [0.15, 0.2) is 48.5 Å². The highest BCUT2D eigenvalue weighted by Gasteiger charge is 2.16. The lowest BCUT2D eigenvalue weighted by Crippen LogP contribution is -2.47. The zero-order valence-corrected chi connectivity index (χ0v) is 20.9. The SMILES string of the molecule is O=C(NCCCN1CCN(CCCNC(=O)Nc2cccc([N+](=O)[O-])c2)CC1)Nc1cccc([N+](=O)[O-])c1. The second-order valence-electron chi connectivity index (χ2n) is 8.77. The van der Waals surface area contributed by atoms with Crippen molar-refractivity contribution in [3.05, 3.63) is 68.8 Å². The lowest BCUT2D eigenvalue weighted by Gasteiger charge is -2.34. The minimum absolute atomic E-state index is 0.0816. The Hall–Kier alpha value is -4.30. The highest BCUT2D eigenvalue weighted by Crippen LogP contribution is 2.17. The third-order valence-corrected chi connectivity index (χ3v) is 5.97. The molecule has 0 spiro atoms. The number of hydrogen-bond donors (Lipinski definition) is 4. The van der Waals surface area contributed by atoms with Crippen LogP contribution in [-0.4, -0.2) is 84.1 Å². The minimum Gasteiger partial charge on any atom is -0.338 e. The molecule has 4 amide bonds. The molecule has 2 aromatic carbocycles. The summed E-state index contributed by atoms with van der Waals surface area (Å²) >= 11 is 0. The van der Waals surface area contributed by atoms with Crippen molar-refractivity contribution in [3.63, 3.8) is 0 Å². The van der Waals surface area contributed by atoms with Crippen LogP contribution >= 0.6 is 0 Å². The number of nitrogens with zero attached hydrogens (tertiary/aromatic N) is 4. The van der Waals surface area contributed by atoms with Gasteiger partial charge in [-0.15, -0.1) is 0 Å². The smallest absolute Gasteiger partial charge is 0.319 e. The average molecular weight is 529 g/mol. The lowest BCUT2D eigenvalue weighted by molar-refractivity contribution is -0.385. The number of amides is 4. The summed E-state index contributed by atoms with van der Waals surface area (Å²) in [6.07, 6.45) is 1.57. The second kappa shape index (κ2) is 14.4. The van der Waals surface area contributed by atoms with Crippen LogP contribution in [0.4, 0.5) is 32.3 Å². The van der Waals surface area contributed by atoms with Crippen LogP contribution < -0.4 is 21.3 Å². The fourth-order valence-electron chi connectivity index (χ4n) is 3.99. The number of nitro benzene ring substituents is 2. The Morgan fingerprint density at radius 1 is 0.711 bits per heavy atom. The van der Waals surface area contributed by atoms with Crippen LogP contribution in [0.3, 0.4) is 0 Å². The summed E-state index contributed by atoms with van der Waals surface area (Å²) < 4.78 is 0. The summed E-state index contributed by atoms with van der Waals surface area (Å²) in [7, 11) is 0. The Kier molecular flexibility index (Phi) is 10.7. The van der Waals surface area contributed by atoms with E-state index in [1.54, 1.807) is 12.1 Å². The van der Waals surface area contributed by atoms with E-state index in [1.165, 1.54) is 36.4 Å². The molecule has 0 radical (unpaired) electrons. The number of carbonyl (C=O) groups excluding carboxylic acids is 2. The van der Waals surface area contributed by atoms with E-state index < -0.39 is 21.9 Å². The molecule has 1 heterocycles. The van der Waals surface area contributed by atoms with Crippen LogP contribution in [0.1, 0.15) is 12.8 Å². The van der Waals surface area contributed by atoms with Gasteiger partial charge in [0.25, 0.3) is 11.4 Å². The van der Waals surface area contributed by atoms with Gasteiger partial charge in [0.1, 0.15) is 0 Å². The predicted molar refractivity (Wildman–Crippen MR) is 142 cm³/mol. The van der Waals surface area contributed by atoms with Crippen molar-refractivity contribution < 1.29 is 19.4 Å². The van der Waals surface area contributed by atoms with E-state index in [-0.39, 0.29) is 11.4 Å². The molecule has 0 unspecified atom stereocenters. The van der Waals surface area contributed by atoms with Crippen LogP contribution in [0.5, 0.6) is 0 Å². The molecule has 38 heavy (non-hydrogen) atoms. The molecule has 1 aliphatic heterocycles. The highest BCUT2D eigenvalue weighted by molar-refractivity contribution is 5.90. The van der Waals surface area contributed by atoms with Gasteiger partial charge in [-0.1, -0.05) is 12.1 Å². The molecule has 1 saturated heterocycles. The van der Waals surface area contributed by atoms with Crippen LogP contribution in [0.25, 0.3) is 0 Å². The maximum absolute atomic E-state index is 12.0. The maximum Gasteiger partial charge on any atom is 0.319 e. The minimum atomic E-state index is -0.510. The van der Waals surface area contributed by atoms with Crippen LogP contribution in [-0.2, 0) is 0 Å². The van der Waals surface area contributed by atoms with Crippen molar-refractivity contribution in [2.24, 2.45) is 0 Å². The van der Waals surface area contributed by atoms with E-state index in [0.29, 0.717) is 24.5 Å². The van der Waals surface area contributed by atoms with Crippen molar-refractivity contribution in [1.29, 1.82) is 0 Å². The molecule has 0 aliphatic carbocycles. The van der Waals surface area contributed by atoms with E-state index in [9.17, 15) is 29.8 Å². The molecular formula is C24H32N8O6. The van der Waals surface area contributed by atoms with E-state index >= 15 is 0 Å². The Balaban J connectivity index is 1.22. The van der Waals surface area contributed by atoms with Crippen molar-refractivity contribution >= 4 is 34.8 Å². The monoisotopic (exact) mass is 528 g/mol. The number of urea groups is 2. The second-order valence-corrected chi connectivity index (χ2v) is 8.77. The number of non-ortho nitro benzene ring substituents is 2. The summed E-state index contributed by atoms with van der Waals surface area (Å²) in [6, 6.07) is 10.8. The van der Waals surface area contributed by atoms with Gasteiger partial charge >= 0.3 is 12.1 Å². The number of carbonyl (C=O) groups is 2. The standard InChI is InChI=1S/C24H32N8O6/c33-23(27-19-5-1-7-21(17-19)31(35)36)25-9-3-11-29-13-15-30(16-14-29)12-4-10-26-24(34)28-20-6-2-8-22(18-20)32(37)38/h1-2,5-8,17-18H,3-4,9-16H2,(H2,25,27,33)(H2,26,28,34). The van der Waals surface area contributed by atoms with Gasteiger partial charge in [-0.05, 0) is 38.1 Å². The van der Waals surface area contributed by atoms with Gasteiger partial charge in [0, 0.05) is 74.9 Å². The third kappa shape index (κ3) is 9.63. The maximum atomic E-state index is 12.0. The molecule has 4 N–H and O–H groups in total. The van der Waals surface area contributed by atoms with Gasteiger partial charge in [0.2, 0.25) is 0 Å². The molecule has 1 aliphatic rings. The fourth-order valence-corrected chi connectivity index (χ4v) is 3.99. The van der Waals surface area contributed by atoms with Crippen molar-refractivity contribution in [1.82, 2.24) is 20.4 Å². The largest absolute Gasteiger partial charge is 0.338 e. The normalized spacial score (nSPS) is 13.9. The molecule has 3 rings (SSSR count). The topological polar surface area (TPSA) is 175 Å². The quantitative estimate of drug-likeness (QED) is 0.185. The van der Waals surface area contributed by atoms with Gasteiger partial charge in [-0.2, -0.15) is 0 Å². The summed E-state index contributed by atoms with van der Waals surface area (Å²) in [4.78, 5) is 49.3. The fraction of sp³-hybridized carbons (Fsp3) is 0.417. The molecular weight excluding hydrogens is 496 g/mol. The van der Waals surface area contributed by atoms with E-state index in [4.69, 9.17) is 0 Å². The van der Waals surface area contributed by atoms with Gasteiger partial charge in [0.05, 0.1) is 9.85 Å². The molecule has 14 heteroatoms. The van der Waals surface area contributed by atoms with Gasteiger partial charge in [-0.25, -0.2) is 9.59 Å². The van der Waals surface area contributed by atoms with E-state index in [2.05, 4.69) is 31.1 Å². The summed E-state index contributed by atoms with van der Waals surface area (Å²) in [5.41, 5.74) is 0.570. The first kappa shape index (κ1) is 28.3. The third-order valence-electron chi connectivity index (χ3n) is 5.97. The Labute approximate surface area is 219 Å². The first-order chi connectivity index (χ1) is 18.3. The molecule has 14 nitrogen and oxygen atoms in total. The number of rotatable bonds is 12. The average Bonchev–Trinajstić information content (AvgIpc) is 2.90. The Morgan fingerprint density at radius 3 is 1.47 bits per heavy atom. The van der Waals surface area contributed by atoms with Gasteiger partial charge < -0.3 is 31.1 Å². The zero-order chi connectivity index (χ0) is 27.3.